The summed E-state index contributed by atoms with van der Waals surface area (Å²) in [4.78, 5) is 7.15. The van der Waals surface area contributed by atoms with E-state index in [1.807, 2.05) is 0 Å². The molecular formula is C6H10FN3O2S. The highest BCUT2D eigenvalue weighted by Crippen LogP contribution is 2.46. The maximum Gasteiger partial charge on any atom is 0.243 e. The van der Waals surface area contributed by atoms with Crippen LogP contribution in [-0.2, 0) is 4.18 Å². The zero-order chi connectivity index (χ0) is 10.1. The number of hydrogen-bond donors (Lipinski definition) is 2. The molecule has 1 atom stereocenters. The molecule has 0 spiro atoms. The van der Waals surface area contributed by atoms with Gasteiger partial charge in [0.1, 0.15) is 0 Å². The Kier molecular flexibility index (Phi) is 2.69. The molecule has 13 heavy (non-hydrogen) atoms. The number of nitrogen functional groups attached to an aromatic ring is 1. The minimum Gasteiger partial charge on any atom is -0.381 e. The van der Waals surface area contributed by atoms with Crippen LogP contribution in [-0.4, -0.2) is 27.9 Å². The average Bonchev–Trinajstić information content (AvgIpc) is 2.09. The smallest absolute Gasteiger partial charge is 0.243 e. The summed E-state index contributed by atoms with van der Waals surface area (Å²) in [6, 6.07) is 0. The van der Waals surface area contributed by atoms with Crippen LogP contribution in [0.15, 0.2) is 11.4 Å². The number of aromatic nitrogens is 2. The third kappa shape index (κ3) is 2.06. The molecular weight excluding hydrogens is 197 g/mol. The minimum atomic E-state index is -2.51. The highest BCUT2D eigenvalue weighted by molar-refractivity contribution is 8.24. The van der Waals surface area contributed by atoms with Gasteiger partial charge in [0.05, 0.1) is 13.3 Å². The van der Waals surface area contributed by atoms with Crippen LogP contribution >= 0.6 is 10.6 Å². The lowest BCUT2D eigenvalue weighted by molar-refractivity contribution is 0.394. The first-order valence-corrected chi connectivity index (χ1v) is 5.24. The zero-order valence-electron chi connectivity index (χ0n) is 7.19. The van der Waals surface area contributed by atoms with E-state index in [-0.39, 0.29) is 11.0 Å². The highest BCUT2D eigenvalue weighted by Gasteiger charge is 2.16. The van der Waals surface area contributed by atoms with E-state index < -0.39 is 16.4 Å². The van der Waals surface area contributed by atoms with E-state index in [1.54, 1.807) is 0 Å². The SMILES string of the molecule is COS(C)(O)c1ncc(F)c(N)n1. The molecule has 0 aromatic carbocycles. The zero-order valence-corrected chi connectivity index (χ0v) is 8.01. The quantitative estimate of drug-likeness (QED) is 0.708. The van der Waals surface area contributed by atoms with Gasteiger partial charge in [-0.15, -0.1) is 10.6 Å². The van der Waals surface area contributed by atoms with Crippen LogP contribution in [0.4, 0.5) is 10.2 Å². The molecule has 1 rings (SSSR count). The van der Waals surface area contributed by atoms with E-state index in [0.717, 1.165) is 6.20 Å². The number of nitrogens with zero attached hydrogens (tertiary/aromatic N) is 2. The van der Waals surface area contributed by atoms with Crippen molar-refractivity contribution in [2.45, 2.75) is 5.16 Å². The Bertz CT molecular complexity index is 321. The molecule has 1 aromatic heterocycles. The number of anilines is 1. The van der Waals surface area contributed by atoms with Crippen molar-refractivity contribution in [1.82, 2.24) is 9.97 Å². The Balaban J connectivity index is 3.10. The summed E-state index contributed by atoms with van der Waals surface area (Å²) >= 11 is 0. The van der Waals surface area contributed by atoms with E-state index >= 15 is 0 Å². The van der Waals surface area contributed by atoms with E-state index in [9.17, 15) is 8.94 Å². The maximum atomic E-state index is 12.6. The standard InChI is InChI=1S/C6H10FN3O2S/c1-12-13(2,11)6-9-3-4(7)5(8)10-6/h3,11H,1-2H3,(H2,8,9,10). The summed E-state index contributed by atoms with van der Waals surface area (Å²) in [7, 11) is -1.19. The van der Waals surface area contributed by atoms with Crippen molar-refractivity contribution in [3.8, 4) is 0 Å². The van der Waals surface area contributed by atoms with Crippen molar-refractivity contribution in [1.29, 1.82) is 0 Å². The van der Waals surface area contributed by atoms with Gasteiger partial charge in [-0.3, -0.25) is 8.74 Å². The fourth-order valence-electron chi connectivity index (χ4n) is 0.620. The molecule has 0 fully saturated rings. The van der Waals surface area contributed by atoms with E-state index in [0.29, 0.717) is 0 Å². The van der Waals surface area contributed by atoms with Crippen molar-refractivity contribution in [2.24, 2.45) is 0 Å². The first-order valence-electron chi connectivity index (χ1n) is 3.32. The number of hydrogen-bond acceptors (Lipinski definition) is 5. The fourth-order valence-corrected chi connectivity index (χ4v) is 1.29. The first-order chi connectivity index (χ1) is 5.97. The largest absolute Gasteiger partial charge is 0.381 e. The van der Waals surface area contributed by atoms with Gasteiger partial charge in [-0.1, -0.05) is 0 Å². The first kappa shape index (κ1) is 10.2. The Hall–Kier alpha value is -0.920. The average molecular weight is 207 g/mol. The molecule has 0 amide bonds. The van der Waals surface area contributed by atoms with Gasteiger partial charge in [0.2, 0.25) is 5.16 Å². The van der Waals surface area contributed by atoms with E-state index in [4.69, 9.17) is 9.92 Å². The minimum absolute atomic E-state index is 0.00824. The second kappa shape index (κ2) is 3.44. The highest BCUT2D eigenvalue weighted by atomic mass is 32.3. The van der Waals surface area contributed by atoms with Crippen LogP contribution < -0.4 is 5.73 Å². The lowest BCUT2D eigenvalue weighted by Crippen LogP contribution is -2.07. The van der Waals surface area contributed by atoms with Crippen molar-refractivity contribution >= 4 is 16.4 Å². The second-order valence-corrected chi connectivity index (χ2v) is 4.66. The molecule has 0 bridgehead atoms. The van der Waals surface area contributed by atoms with Gasteiger partial charge in [0.25, 0.3) is 0 Å². The second-order valence-electron chi connectivity index (χ2n) is 2.35. The molecule has 0 aliphatic carbocycles. The molecule has 0 saturated heterocycles. The van der Waals surface area contributed by atoms with Crippen molar-refractivity contribution in [2.75, 3.05) is 19.1 Å². The van der Waals surface area contributed by atoms with E-state index in [1.165, 1.54) is 13.4 Å². The lowest BCUT2D eigenvalue weighted by atomic mass is 10.6. The molecule has 5 nitrogen and oxygen atoms in total. The normalized spacial score (nSPS) is 17.8. The molecule has 74 valence electrons. The third-order valence-electron chi connectivity index (χ3n) is 1.41. The summed E-state index contributed by atoms with van der Waals surface area (Å²) in [5.74, 6) is -1.01. The summed E-state index contributed by atoms with van der Waals surface area (Å²) < 4.78 is 27.0. The Labute approximate surface area is 76.5 Å². The maximum absolute atomic E-state index is 12.6. The topological polar surface area (TPSA) is 81.3 Å². The Morgan fingerprint density at radius 3 is 2.77 bits per heavy atom. The van der Waals surface area contributed by atoms with Crippen LogP contribution in [0, 0.1) is 5.82 Å². The lowest BCUT2D eigenvalue weighted by Gasteiger charge is -2.29. The van der Waals surface area contributed by atoms with Crippen LogP contribution in [0.5, 0.6) is 0 Å². The molecule has 3 N–H and O–H groups in total. The summed E-state index contributed by atoms with van der Waals surface area (Å²) in [6.45, 7) is 0. The van der Waals surface area contributed by atoms with Gasteiger partial charge in [-0.25, -0.2) is 9.37 Å². The molecule has 1 unspecified atom stereocenters. The predicted octanol–water partition coefficient (Wildman–Crippen LogP) is 1.03. The van der Waals surface area contributed by atoms with Crippen LogP contribution in [0.2, 0.25) is 0 Å². The van der Waals surface area contributed by atoms with Gasteiger partial charge in [0, 0.05) is 6.26 Å². The molecule has 7 heteroatoms. The third-order valence-corrected chi connectivity index (χ3v) is 2.94. The van der Waals surface area contributed by atoms with Gasteiger partial charge >= 0.3 is 0 Å². The van der Waals surface area contributed by atoms with Gasteiger partial charge in [0.15, 0.2) is 11.6 Å². The Morgan fingerprint density at radius 2 is 2.31 bits per heavy atom. The molecule has 0 aliphatic rings. The van der Waals surface area contributed by atoms with Crippen molar-refractivity contribution < 1.29 is 13.1 Å². The van der Waals surface area contributed by atoms with Crippen LogP contribution in [0.25, 0.3) is 0 Å². The van der Waals surface area contributed by atoms with Crippen molar-refractivity contribution in [3.05, 3.63) is 12.0 Å². The van der Waals surface area contributed by atoms with Gasteiger partial charge < -0.3 is 5.73 Å². The molecule has 1 aromatic rings. The molecule has 0 aliphatic heterocycles. The monoisotopic (exact) mass is 207 g/mol. The van der Waals surface area contributed by atoms with E-state index in [2.05, 4.69) is 9.97 Å². The van der Waals surface area contributed by atoms with Crippen molar-refractivity contribution in [3.63, 3.8) is 0 Å². The molecule has 1 heterocycles. The summed E-state index contributed by atoms with van der Waals surface area (Å²) in [5, 5.41) is 0.00824. The fraction of sp³-hybridized carbons (Fsp3) is 0.333. The number of halogens is 1. The Morgan fingerprint density at radius 1 is 1.69 bits per heavy atom. The van der Waals surface area contributed by atoms with Gasteiger partial charge in [-0.2, -0.15) is 4.98 Å². The number of rotatable bonds is 2. The summed E-state index contributed by atoms with van der Waals surface area (Å²) in [6.07, 6.45) is 2.32. The number of nitrogens with two attached hydrogens (primary N) is 1. The molecule has 0 radical (unpaired) electrons. The summed E-state index contributed by atoms with van der Waals surface area (Å²) in [5.41, 5.74) is 5.19. The van der Waals surface area contributed by atoms with Crippen LogP contribution in [0.1, 0.15) is 0 Å². The van der Waals surface area contributed by atoms with Crippen LogP contribution in [0.3, 0.4) is 0 Å². The predicted molar refractivity (Wildman–Crippen MR) is 47.8 cm³/mol. The van der Waals surface area contributed by atoms with Gasteiger partial charge in [-0.05, 0) is 0 Å². The molecule has 0 saturated carbocycles.